The van der Waals surface area contributed by atoms with E-state index in [9.17, 15) is 40.3 Å². The number of anilines is 2. The summed E-state index contributed by atoms with van der Waals surface area (Å²) in [6, 6.07) is 13.1. The SMILES string of the molecule is CP(C)(=O)CN1CCN(Cc2ccc(N)cc2C(F)(F)F)CC1.Cc1ccc(C(=O)Nc2ccc(CN3CCN(CP(C)(C)=O)CC3)c(C(F)(F)F)c2)cc1I. The fourth-order valence-electron chi connectivity index (χ4n) is 6.61. The fraction of sp³-hybridized carbons (Fsp3) is 0.500. The van der Waals surface area contributed by atoms with Gasteiger partial charge in [-0.15, -0.1) is 0 Å². The number of hydrogen-bond donors (Lipinski definition) is 2. The van der Waals surface area contributed by atoms with E-state index in [1.54, 1.807) is 44.9 Å². The Bertz CT molecular complexity index is 1920. The Morgan fingerprint density at radius 2 is 1.11 bits per heavy atom. The summed E-state index contributed by atoms with van der Waals surface area (Å²) >= 11 is 2.12. The van der Waals surface area contributed by atoms with Crippen molar-refractivity contribution in [2.45, 2.75) is 32.4 Å². The van der Waals surface area contributed by atoms with Gasteiger partial charge < -0.3 is 20.2 Å². The number of carbonyl (C=O) groups excluding carboxylic acids is 1. The zero-order valence-electron chi connectivity index (χ0n) is 32.3. The van der Waals surface area contributed by atoms with Gasteiger partial charge in [-0.25, -0.2) is 0 Å². The predicted octanol–water partition coefficient (Wildman–Crippen LogP) is 8.55. The van der Waals surface area contributed by atoms with Crippen LogP contribution in [0.25, 0.3) is 0 Å². The number of aryl methyl sites for hydroxylation is 1. The minimum Gasteiger partial charge on any atom is -0.399 e. The summed E-state index contributed by atoms with van der Waals surface area (Å²) in [5.74, 6) is -0.450. The van der Waals surface area contributed by atoms with Gasteiger partial charge in [0.05, 0.1) is 38.0 Å². The minimum atomic E-state index is -4.53. The average Bonchev–Trinajstić information content (AvgIpc) is 3.07. The maximum absolute atomic E-state index is 13.8. The van der Waals surface area contributed by atoms with E-state index in [1.165, 1.54) is 24.3 Å². The highest BCUT2D eigenvalue weighted by molar-refractivity contribution is 14.1. The van der Waals surface area contributed by atoms with Gasteiger partial charge in [0.1, 0.15) is 0 Å². The van der Waals surface area contributed by atoms with Gasteiger partial charge in [-0.1, -0.05) is 18.2 Å². The van der Waals surface area contributed by atoms with Crippen LogP contribution in [0, 0.1) is 10.5 Å². The highest BCUT2D eigenvalue weighted by atomic mass is 127. The first-order valence-electron chi connectivity index (χ1n) is 18.1. The normalized spacial score (nSPS) is 17.0. The highest BCUT2D eigenvalue weighted by Crippen LogP contribution is 2.39. The zero-order valence-corrected chi connectivity index (χ0v) is 36.3. The van der Waals surface area contributed by atoms with Gasteiger partial charge in [0, 0.05) is 86.0 Å². The van der Waals surface area contributed by atoms with E-state index in [-0.39, 0.29) is 35.6 Å². The number of carbonyl (C=O) groups is 1. The molecule has 5 rings (SSSR count). The molecule has 9 nitrogen and oxygen atoms in total. The molecule has 2 fully saturated rings. The van der Waals surface area contributed by atoms with Gasteiger partial charge in [-0.2, -0.15) is 26.3 Å². The van der Waals surface area contributed by atoms with Crippen molar-refractivity contribution >= 4 is 54.2 Å². The first-order valence-corrected chi connectivity index (χ1v) is 24.7. The van der Waals surface area contributed by atoms with E-state index in [1.807, 2.05) is 16.7 Å². The second-order valence-electron chi connectivity index (χ2n) is 15.4. The summed E-state index contributed by atoms with van der Waals surface area (Å²) in [5.41, 5.74) is 6.15. The number of halogens is 7. The first kappa shape index (κ1) is 46.2. The molecule has 0 saturated carbocycles. The molecule has 2 aliphatic rings. The number of rotatable bonds is 10. The number of amides is 1. The van der Waals surface area contributed by atoms with Crippen LogP contribution in [-0.4, -0.2) is 117 Å². The van der Waals surface area contributed by atoms with Crippen LogP contribution in [-0.2, 0) is 34.6 Å². The van der Waals surface area contributed by atoms with Gasteiger partial charge in [0.2, 0.25) is 0 Å². The van der Waals surface area contributed by atoms with Crippen molar-refractivity contribution in [3.63, 3.8) is 0 Å². The van der Waals surface area contributed by atoms with Gasteiger partial charge in [-0.05, 0) is 109 Å². The molecule has 2 saturated heterocycles. The summed E-state index contributed by atoms with van der Waals surface area (Å²) in [6.45, 7) is 14.7. The molecule has 3 N–H and O–H groups in total. The van der Waals surface area contributed by atoms with E-state index in [2.05, 4.69) is 37.7 Å². The van der Waals surface area contributed by atoms with Crippen LogP contribution in [0.1, 0.15) is 38.2 Å². The van der Waals surface area contributed by atoms with Crippen LogP contribution in [0.5, 0.6) is 0 Å². The molecular weight excluding hydrogens is 891 g/mol. The third-order valence-corrected chi connectivity index (χ3v) is 12.7. The Morgan fingerprint density at radius 1 is 0.679 bits per heavy atom. The summed E-state index contributed by atoms with van der Waals surface area (Å²) < 4.78 is 106. The predicted molar refractivity (Wildman–Crippen MR) is 221 cm³/mol. The van der Waals surface area contributed by atoms with Crippen molar-refractivity contribution in [1.29, 1.82) is 0 Å². The number of nitrogens with one attached hydrogen (secondary N) is 1. The number of benzene rings is 3. The fourth-order valence-corrected chi connectivity index (χ4v) is 9.62. The van der Waals surface area contributed by atoms with E-state index in [4.69, 9.17) is 5.73 Å². The number of hydrogen-bond acceptors (Lipinski definition) is 8. The molecule has 0 aliphatic carbocycles. The molecule has 0 radical (unpaired) electrons. The lowest BCUT2D eigenvalue weighted by Crippen LogP contribution is -2.46. The molecule has 0 unspecified atom stereocenters. The zero-order chi connectivity index (χ0) is 41.6. The first-order chi connectivity index (χ1) is 25.9. The van der Waals surface area contributed by atoms with E-state index < -0.39 is 43.7 Å². The van der Waals surface area contributed by atoms with Gasteiger partial charge >= 0.3 is 12.4 Å². The van der Waals surface area contributed by atoms with Crippen LogP contribution in [0.3, 0.4) is 0 Å². The van der Waals surface area contributed by atoms with Crippen LogP contribution in [0.4, 0.5) is 37.7 Å². The Hall–Kier alpha value is -2.46. The summed E-state index contributed by atoms with van der Waals surface area (Å²) in [5, 5.41) is 2.59. The lowest BCUT2D eigenvalue weighted by molar-refractivity contribution is -0.139. The smallest absolute Gasteiger partial charge is 0.399 e. The van der Waals surface area contributed by atoms with Crippen LogP contribution in [0.15, 0.2) is 54.6 Å². The van der Waals surface area contributed by atoms with Crippen LogP contribution >= 0.6 is 36.9 Å². The standard InChI is InChI=1S/C23H28F3IN3O2P.C15H23F3N3OP/c1-16-4-5-17(12-21(16)27)22(31)28-19-7-6-18(20(13-19)23(24,25)26)14-29-8-10-30(11-9-29)15-33(2,3)32;1-23(2,22)11-21-7-5-20(6-8-21)10-12-3-4-13(19)9-14(12)15(16,17)18/h4-7,12-13H,8-11,14-15H2,1-3H3,(H,28,31);3-4,9H,5-8,10-11,19H2,1-2H3. The lowest BCUT2D eigenvalue weighted by Gasteiger charge is -2.35. The molecular formula is C38H51F6IN6O3P2. The van der Waals surface area contributed by atoms with Crippen LogP contribution in [0.2, 0.25) is 0 Å². The molecule has 0 aromatic heterocycles. The molecule has 56 heavy (non-hydrogen) atoms. The van der Waals surface area contributed by atoms with E-state index in [0.29, 0.717) is 57.4 Å². The Labute approximate surface area is 339 Å². The Morgan fingerprint density at radius 3 is 1.54 bits per heavy atom. The van der Waals surface area contributed by atoms with Gasteiger partial charge in [0.15, 0.2) is 0 Å². The van der Waals surface area contributed by atoms with Gasteiger partial charge in [-0.3, -0.25) is 24.4 Å². The van der Waals surface area contributed by atoms with E-state index >= 15 is 0 Å². The molecule has 3 aromatic carbocycles. The van der Waals surface area contributed by atoms with Crippen molar-refractivity contribution < 1.29 is 40.3 Å². The second-order valence-corrected chi connectivity index (χ2v) is 23.4. The van der Waals surface area contributed by atoms with Gasteiger partial charge in [0.25, 0.3) is 5.91 Å². The molecule has 3 aromatic rings. The molecule has 0 spiro atoms. The van der Waals surface area contributed by atoms with E-state index in [0.717, 1.165) is 34.4 Å². The second kappa shape index (κ2) is 19.1. The number of piperazine rings is 2. The molecule has 2 heterocycles. The molecule has 0 bridgehead atoms. The minimum absolute atomic E-state index is 0.109. The van der Waals surface area contributed by atoms with Crippen molar-refractivity contribution in [3.8, 4) is 0 Å². The maximum atomic E-state index is 13.8. The Kier molecular flexibility index (Phi) is 15.7. The summed E-state index contributed by atoms with van der Waals surface area (Å²) in [7, 11) is -4.28. The number of alkyl halides is 6. The number of nitrogen functional groups attached to an aromatic ring is 1. The third-order valence-electron chi connectivity index (χ3n) is 9.35. The number of nitrogens with zero attached hydrogens (tertiary/aromatic N) is 4. The topological polar surface area (TPSA) is 102 Å². The van der Waals surface area contributed by atoms with Crippen molar-refractivity contribution in [3.05, 3.63) is 91.5 Å². The summed E-state index contributed by atoms with van der Waals surface area (Å²) in [6.07, 6.45) is -7.84. The Balaban J connectivity index is 0.000000265. The lowest BCUT2D eigenvalue weighted by atomic mass is 10.0. The van der Waals surface area contributed by atoms with Crippen molar-refractivity contribution in [2.75, 3.05) is 103 Å². The third kappa shape index (κ3) is 14.7. The van der Waals surface area contributed by atoms with Crippen molar-refractivity contribution in [1.82, 2.24) is 19.6 Å². The molecule has 1 amide bonds. The molecule has 18 heteroatoms. The largest absolute Gasteiger partial charge is 0.416 e. The quantitative estimate of drug-likeness (QED) is 0.0904. The molecule has 310 valence electrons. The monoisotopic (exact) mass is 942 g/mol. The molecule has 2 aliphatic heterocycles. The highest BCUT2D eigenvalue weighted by Gasteiger charge is 2.35. The molecule has 0 atom stereocenters. The summed E-state index contributed by atoms with van der Waals surface area (Å²) in [4.78, 5) is 20.7. The van der Waals surface area contributed by atoms with Crippen LogP contribution < -0.4 is 11.1 Å². The average molecular weight is 943 g/mol. The van der Waals surface area contributed by atoms with Crippen molar-refractivity contribution in [2.24, 2.45) is 0 Å². The maximum Gasteiger partial charge on any atom is 0.416 e. The number of nitrogens with two attached hydrogens (primary N) is 1.